The fourth-order valence-corrected chi connectivity index (χ4v) is 2.25. The Kier molecular flexibility index (Phi) is 4.44. The molecule has 1 aliphatic heterocycles. The third-order valence-electron chi connectivity index (χ3n) is 2.59. The number of alkyl halides is 1. The zero-order valence-corrected chi connectivity index (χ0v) is 8.21. The smallest absolute Gasteiger partial charge is 0.143 e. The first-order chi connectivity index (χ1) is 5.33. The fourth-order valence-electron chi connectivity index (χ4n) is 1.78. The molecule has 0 aromatic rings. The van der Waals surface area contributed by atoms with Crippen LogP contribution in [0.2, 0.25) is 12.6 Å². The van der Waals surface area contributed by atoms with Crippen LogP contribution in [0, 0.1) is 0 Å². The summed E-state index contributed by atoms with van der Waals surface area (Å²) in [7, 11) is 2.80. The Bertz CT molecular complexity index is 100. The summed E-state index contributed by atoms with van der Waals surface area (Å²) in [5.41, 5.74) is 0. The van der Waals surface area contributed by atoms with Crippen LogP contribution in [0.1, 0.15) is 25.7 Å². The van der Waals surface area contributed by atoms with E-state index in [-0.39, 0.29) is 0 Å². The maximum absolute atomic E-state index is 12.8. The van der Waals surface area contributed by atoms with Crippen LogP contribution in [-0.2, 0) is 0 Å². The van der Waals surface area contributed by atoms with Crippen molar-refractivity contribution in [3.63, 3.8) is 0 Å². The molecule has 0 aliphatic carbocycles. The molecule has 1 rings (SSSR count). The first-order valence-electron chi connectivity index (χ1n) is 4.67. The molecule has 1 saturated heterocycles. The van der Waals surface area contributed by atoms with Crippen molar-refractivity contribution in [1.82, 2.24) is 0 Å². The van der Waals surface area contributed by atoms with Crippen molar-refractivity contribution in [3.05, 3.63) is 0 Å². The molecule has 0 nitrogen and oxygen atoms in total. The third-order valence-corrected chi connectivity index (χ3v) is 3.26. The topological polar surface area (TPSA) is 0 Å². The second-order valence-corrected chi connectivity index (χ2v) is 4.03. The molecular formula is C8H17BFP. The molecule has 1 unspecified atom stereocenters. The van der Waals surface area contributed by atoms with Gasteiger partial charge in [0.05, 0.1) is 0 Å². The molecule has 0 N–H and O–H groups in total. The van der Waals surface area contributed by atoms with Crippen LogP contribution < -0.4 is 0 Å². The quantitative estimate of drug-likeness (QED) is 0.423. The van der Waals surface area contributed by atoms with Crippen molar-refractivity contribution in [2.75, 3.05) is 6.06 Å². The molecule has 0 spiro atoms. The van der Waals surface area contributed by atoms with Crippen LogP contribution in [0.25, 0.3) is 0 Å². The predicted molar refractivity (Wildman–Crippen MR) is 53.3 cm³/mol. The Balaban J connectivity index is 2.22. The summed E-state index contributed by atoms with van der Waals surface area (Å²) < 4.78 is 12.8. The summed E-state index contributed by atoms with van der Waals surface area (Å²) >= 11 is 0. The first-order valence-corrected chi connectivity index (χ1v) is 5.48. The zero-order chi connectivity index (χ0) is 8.10. The molecule has 0 radical (unpaired) electrons. The molecule has 0 aromatic heterocycles. The average Bonchev–Trinajstić information content (AvgIpc) is 1.96. The van der Waals surface area contributed by atoms with Gasteiger partial charge in [-0.25, -0.2) is 4.39 Å². The van der Waals surface area contributed by atoms with Crippen molar-refractivity contribution < 1.29 is 4.39 Å². The molecule has 0 bridgehead atoms. The second kappa shape index (κ2) is 5.14. The van der Waals surface area contributed by atoms with Crippen molar-refractivity contribution in [1.29, 1.82) is 0 Å². The van der Waals surface area contributed by atoms with E-state index in [1.807, 2.05) is 0 Å². The molecule has 0 aromatic carbocycles. The van der Waals surface area contributed by atoms with Crippen molar-refractivity contribution in [2.45, 2.75) is 44.5 Å². The summed E-state index contributed by atoms with van der Waals surface area (Å²) in [4.78, 5) is 0. The van der Waals surface area contributed by atoms with E-state index in [1.165, 1.54) is 18.7 Å². The fraction of sp³-hybridized carbons (Fsp3) is 1.00. The minimum atomic E-state index is -0.500. The monoisotopic (exact) mass is 174 g/mol. The molecule has 0 amide bonds. The van der Waals surface area contributed by atoms with Gasteiger partial charge in [0.25, 0.3) is 0 Å². The van der Waals surface area contributed by atoms with Gasteiger partial charge < -0.3 is 0 Å². The molecule has 0 saturated carbocycles. The molecule has 1 atom stereocenters. The van der Waals surface area contributed by atoms with Gasteiger partial charge in [0.1, 0.15) is 12.9 Å². The van der Waals surface area contributed by atoms with Gasteiger partial charge in [0.2, 0.25) is 0 Å². The summed E-state index contributed by atoms with van der Waals surface area (Å²) in [5.74, 6) is 0. The van der Waals surface area contributed by atoms with E-state index in [1.54, 1.807) is 0 Å². The van der Waals surface area contributed by atoms with Crippen LogP contribution in [0.4, 0.5) is 4.39 Å². The Morgan fingerprint density at radius 3 is 2.27 bits per heavy atom. The maximum Gasteiger partial charge on any atom is 0.143 e. The van der Waals surface area contributed by atoms with Crippen molar-refractivity contribution >= 4 is 16.0 Å². The van der Waals surface area contributed by atoms with E-state index in [2.05, 4.69) is 9.24 Å². The minimum absolute atomic E-state index is 0.500. The van der Waals surface area contributed by atoms with Gasteiger partial charge in [-0.05, 0) is 12.8 Å². The highest BCUT2D eigenvalue weighted by Crippen LogP contribution is 2.21. The lowest BCUT2D eigenvalue weighted by Gasteiger charge is -2.16. The van der Waals surface area contributed by atoms with E-state index in [4.69, 9.17) is 0 Å². The number of hydrogen-bond acceptors (Lipinski definition) is 0. The lowest BCUT2D eigenvalue weighted by Crippen LogP contribution is -2.18. The van der Waals surface area contributed by atoms with Gasteiger partial charge in [-0.1, -0.05) is 31.5 Å². The molecule has 11 heavy (non-hydrogen) atoms. The van der Waals surface area contributed by atoms with Gasteiger partial charge in [-0.15, -0.1) is 9.24 Å². The second-order valence-electron chi connectivity index (χ2n) is 3.56. The maximum atomic E-state index is 12.8. The Morgan fingerprint density at radius 2 is 1.82 bits per heavy atom. The summed E-state index contributed by atoms with van der Waals surface area (Å²) in [6, 6.07) is 1.21. The molecular weight excluding hydrogens is 157 g/mol. The van der Waals surface area contributed by atoms with E-state index in [0.29, 0.717) is 0 Å². The van der Waals surface area contributed by atoms with Crippen LogP contribution in [0.5, 0.6) is 0 Å². The zero-order valence-electron chi connectivity index (χ0n) is 7.06. The first kappa shape index (κ1) is 9.51. The SMILES string of the molecule is FC1CCCB(CP)CCC1. The van der Waals surface area contributed by atoms with Gasteiger partial charge >= 0.3 is 0 Å². The highest BCUT2D eigenvalue weighted by molar-refractivity contribution is 7.21. The standard InChI is InChI=1S/C8H17BFP/c10-8-3-1-5-9(7-11)6-2-4-8/h8H,1-7,11H2. The van der Waals surface area contributed by atoms with Crippen LogP contribution in [0.15, 0.2) is 0 Å². The Morgan fingerprint density at radius 1 is 1.27 bits per heavy atom. The molecule has 1 aliphatic rings. The average molecular weight is 174 g/mol. The predicted octanol–water partition coefficient (Wildman–Crippen LogP) is 2.81. The normalized spacial score (nSPS) is 22.9. The highest BCUT2D eigenvalue weighted by Gasteiger charge is 2.16. The molecule has 1 heterocycles. The van der Waals surface area contributed by atoms with E-state index < -0.39 is 6.17 Å². The van der Waals surface area contributed by atoms with Crippen LogP contribution >= 0.6 is 9.24 Å². The lowest BCUT2D eigenvalue weighted by atomic mass is 9.45. The largest absolute Gasteiger partial charge is 0.247 e. The molecule has 1 fully saturated rings. The van der Waals surface area contributed by atoms with Crippen LogP contribution in [0.3, 0.4) is 0 Å². The number of halogens is 1. The summed E-state index contributed by atoms with van der Waals surface area (Å²) in [6.45, 7) is 0.854. The lowest BCUT2D eigenvalue weighted by molar-refractivity contribution is 0.289. The molecule has 64 valence electrons. The van der Waals surface area contributed by atoms with Gasteiger partial charge in [-0.2, -0.15) is 0 Å². The van der Waals surface area contributed by atoms with Gasteiger partial charge in [0, 0.05) is 0 Å². The van der Waals surface area contributed by atoms with Crippen molar-refractivity contribution in [2.24, 2.45) is 0 Å². The van der Waals surface area contributed by atoms with Crippen LogP contribution in [-0.4, -0.2) is 18.9 Å². The summed E-state index contributed by atoms with van der Waals surface area (Å²) in [5, 5.41) is 0. The van der Waals surface area contributed by atoms with E-state index >= 15 is 0 Å². The molecule has 3 heteroatoms. The third kappa shape index (κ3) is 3.56. The van der Waals surface area contributed by atoms with Gasteiger partial charge in [0.15, 0.2) is 0 Å². The summed E-state index contributed by atoms with van der Waals surface area (Å²) in [6.07, 6.45) is 5.79. The number of rotatable bonds is 1. The van der Waals surface area contributed by atoms with Gasteiger partial charge in [-0.3, -0.25) is 0 Å². The number of hydrogen-bond donors (Lipinski definition) is 0. The Hall–Kier alpha value is 0.425. The Labute approximate surface area is 71.6 Å². The van der Waals surface area contributed by atoms with E-state index in [0.717, 1.165) is 32.4 Å². The highest BCUT2D eigenvalue weighted by atomic mass is 31.0. The minimum Gasteiger partial charge on any atom is -0.247 e. The van der Waals surface area contributed by atoms with Crippen molar-refractivity contribution in [3.8, 4) is 0 Å². The van der Waals surface area contributed by atoms with E-state index in [9.17, 15) is 4.39 Å².